The molecule has 0 spiro atoms. The summed E-state index contributed by atoms with van der Waals surface area (Å²) in [6, 6.07) is 0. The van der Waals surface area contributed by atoms with Crippen molar-refractivity contribution in [2.45, 2.75) is 26.3 Å². The number of fused-ring (bicyclic) bond motifs is 1. The van der Waals surface area contributed by atoms with E-state index < -0.39 is 0 Å². The predicted molar refractivity (Wildman–Crippen MR) is 75.4 cm³/mol. The van der Waals surface area contributed by atoms with Crippen molar-refractivity contribution >= 4 is 16.2 Å². The summed E-state index contributed by atoms with van der Waals surface area (Å²) in [5, 5.41) is 18.0. The van der Waals surface area contributed by atoms with Gasteiger partial charge < -0.3 is 5.11 Å². The molecular formula is C13H16N4OS. The molecule has 100 valence electrons. The lowest BCUT2D eigenvalue weighted by Gasteiger charge is -2.21. The number of thiazole rings is 1. The Kier molecular flexibility index (Phi) is 2.72. The van der Waals surface area contributed by atoms with Gasteiger partial charge in [-0.25, -0.2) is 4.52 Å². The third-order valence-electron chi connectivity index (χ3n) is 3.24. The molecule has 0 unspecified atom stereocenters. The Labute approximate surface area is 115 Å². The molecule has 3 rings (SSSR count). The number of hydrogen-bond donors (Lipinski definition) is 1. The van der Waals surface area contributed by atoms with Crippen molar-refractivity contribution in [3.05, 3.63) is 30.4 Å². The maximum atomic E-state index is 9.37. The molecule has 1 N–H and O–H groups in total. The SMILES string of the molecule is Cc1cnn2cc(-c3cnn(C(C)(C)CO)c3)sc12. The van der Waals surface area contributed by atoms with Gasteiger partial charge in [0.1, 0.15) is 4.83 Å². The second-order valence-corrected chi connectivity index (χ2v) is 6.35. The fraction of sp³-hybridized carbons (Fsp3) is 0.385. The molecule has 19 heavy (non-hydrogen) atoms. The Morgan fingerprint density at radius 1 is 1.26 bits per heavy atom. The van der Waals surface area contributed by atoms with Gasteiger partial charge in [0.05, 0.1) is 29.4 Å². The number of rotatable bonds is 3. The van der Waals surface area contributed by atoms with E-state index >= 15 is 0 Å². The maximum absolute atomic E-state index is 9.37. The zero-order valence-electron chi connectivity index (χ0n) is 11.2. The summed E-state index contributed by atoms with van der Waals surface area (Å²) >= 11 is 1.70. The lowest BCUT2D eigenvalue weighted by atomic mass is 10.1. The zero-order valence-corrected chi connectivity index (χ0v) is 12.0. The molecule has 0 fully saturated rings. The van der Waals surface area contributed by atoms with Crippen LogP contribution >= 0.6 is 11.3 Å². The first kappa shape index (κ1) is 12.4. The lowest BCUT2D eigenvalue weighted by molar-refractivity contribution is 0.152. The maximum Gasteiger partial charge on any atom is 0.122 e. The largest absolute Gasteiger partial charge is 0.394 e. The van der Waals surface area contributed by atoms with Crippen LogP contribution in [0.5, 0.6) is 0 Å². The van der Waals surface area contributed by atoms with Crippen molar-refractivity contribution in [2.75, 3.05) is 6.61 Å². The minimum atomic E-state index is -0.383. The summed E-state index contributed by atoms with van der Waals surface area (Å²) in [5.41, 5.74) is 1.85. The van der Waals surface area contributed by atoms with Gasteiger partial charge in [-0.15, -0.1) is 11.3 Å². The van der Waals surface area contributed by atoms with Gasteiger partial charge in [-0.2, -0.15) is 10.2 Å². The van der Waals surface area contributed by atoms with Gasteiger partial charge in [-0.1, -0.05) is 0 Å². The first-order valence-electron chi connectivity index (χ1n) is 6.11. The first-order chi connectivity index (χ1) is 9.01. The average molecular weight is 276 g/mol. The van der Waals surface area contributed by atoms with Crippen molar-refractivity contribution in [2.24, 2.45) is 0 Å². The topological polar surface area (TPSA) is 55.4 Å². The van der Waals surface area contributed by atoms with E-state index in [1.807, 2.05) is 43.2 Å². The monoisotopic (exact) mass is 276 g/mol. The fourth-order valence-electron chi connectivity index (χ4n) is 1.88. The normalized spacial score (nSPS) is 12.4. The molecule has 0 saturated carbocycles. The van der Waals surface area contributed by atoms with Gasteiger partial charge in [0, 0.05) is 23.5 Å². The van der Waals surface area contributed by atoms with Crippen LogP contribution in [0.3, 0.4) is 0 Å². The molecule has 0 aliphatic heterocycles. The summed E-state index contributed by atoms with van der Waals surface area (Å²) in [4.78, 5) is 2.29. The number of aryl methyl sites for hydroxylation is 1. The third-order valence-corrected chi connectivity index (χ3v) is 4.51. The van der Waals surface area contributed by atoms with Crippen LogP contribution in [-0.2, 0) is 5.54 Å². The van der Waals surface area contributed by atoms with Crippen LogP contribution in [0.2, 0.25) is 0 Å². The molecule has 6 heteroatoms. The second-order valence-electron chi connectivity index (χ2n) is 5.32. The molecule has 0 aliphatic rings. The van der Waals surface area contributed by atoms with Crippen LogP contribution < -0.4 is 0 Å². The van der Waals surface area contributed by atoms with Crippen LogP contribution in [0.1, 0.15) is 19.4 Å². The molecule has 0 amide bonds. The molecule has 0 aliphatic carbocycles. The van der Waals surface area contributed by atoms with Crippen molar-refractivity contribution < 1.29 is 5.11 Å². The number of hydrogen-bond acceptors (Lipinski definition) is 4. The van der Waals surface area contributed by atoms with Gasteiger partial charge in [-0.05, 0) is 20.8 Å². The van der Waals surface area contributed by atoms with E-state index in [0.717, 1.165) is 15.3 Å². The lowest BCUT2D eigenvalue weighted by Crippen LogP contribution is -2.30. The van der Waals surface area contributed by atoms with Crippen molar-refractivity contribution in [1.29, 1.82) is 0 Å². The standard InChI is InChI=1S/C13H16N4OS/c1-9-4-14-16-7-11(19-12(9)16)10-5-15-17(6-10)13(2,3)8-18/h4-7,18H,8H2,1-3H3. The zero-order chi connectivity index (χ0) is 13.6. The van der Waals surface area contributed by atoms with E-state index in [0.29, 0.717) is 0 Å². The second kappa shape index (κ2) is 4.18. The average Bonchev–Trinajstić information content (AvgIpc) is 3.06. The number of aliphatic hydroxyl groups excluding tert-OH is 1. The molecular weight excluding hydrogens is 260 g/mol. The van der Waals surface area contributed by atoms with Crippen molar-refractivity contribution in [1.82, 2.24) is 19.4 Å². The summed E-state index contributed by atoms with van der Waals surface area (Å²) < 4.78 is 3.70. The molecule has 0 bridgehead atoms. The highest BCUT2D eigenvalue weighted by Crippen LogP contribution is 2.30. The van der Waals surface area contributed by atoms with Crippen molar-refractivity contribution in [3.63, 3.8) is 0 Å². The Balaban J connectivity index is 2.02. The molecule has 0 aromatic carbocycles. The predicted octanol–water partition coefficient (Wildman–Crippen LogP) is 2.30. The Bertz CT molecular complexity index is 722. The number of nitrogens with zero attached hydrogens (tertiary/aromatic N) is 4. The molecule has 3 aromatic rings. The minimum Gasteiger partial charge on any atom is -0.394 e. The first-order valence-corrected chi connectivity index (χ1v) is 6.93. The molecule has 0 radical (unpaired) electrons. The van der Waals surface area contributed by atoms with Crippen LogP contribution in [-0.4, -0.2) is 31.1 Å². The molecule has 3 aromatic heterocycles. The minimum absolute atomic E-state index is 0.0565. The summed E-state index contributed by atoms with van der Waals surface area (Å²) in [6.45, 7) is 6.02. The van der Waals surface area contributed by atoms with Crippen LogP contribution in [0, 0.1) is 6.92 Å². The summed E-state index contributed by atoms with van der Waals surface area (Å²) in [7, 11) is 0. The van der Waals surface area contributed by atoms with Crippen LogP contribution in [0.25, 0.3) is 15.3 Å². The number of aliphatic hydroxyl groups is 1. The summed E-state index contributed by atoms with van der Waals surface area (Å²) in [5.74, 6) is 0. The van der Waals surface area contributed by atoms with E-state index in [9.17, 15) is 5.11 Å². The smallest absolute Gasteiger partial charge is 0.122 e. The van der Waals surface area contributed by atoms with E-state index in [1.165, 1.54) is 5.56 Å². The quantitative estimate of drug-likeness (QED) is 0.798. The highest BCUT2D eigenvalue weighted by Gasteiger charge is 2.20. The van der Waals surface area contributed by atoms with Crippen LogP contribution in [0.4, 0.5) is 0 Å². The van der Waals surface area contributed by atoms with E-state index in [2.05, 4.69) is 17.1 Å². The Morgan fingerprint density at radius 2 is 2.05 bits per heavy atom. The van der Waals surface area contributed by atoms with Gasteiger partial charge >= 0.3 is 0 Å². The molecule has 3 heterocycles. The Hall–Kier alpha value is -1.66. The van der Waals surface area contributed by atoms with E-state index in [-0.39, 0.29) is 12.1 Å². The molecule has 5 nitrogen and oxygen atoms in total. The highest BCUT2D eigenvalue weighted by molar-refractivity contribution is 7.20. The molecule has 0 atom stereocenters. The van der Waals surface area contributed by atoms with E-state index in [4.69, 9.17) is 0 Å². The van der Waals surface area contributed by atoms with Gasteiger partial charge in [0.15, 0.2) is 0 Å². The summed E-state index contributed by atoms with van der Waals surface area (Å²) in [6.07, 6.45) is 7.68. The van der Waals surface area contributed by atoms with Gasteiger partial charge in [-0.3, -0.25) is 4.68 Å². The van der Waals surface area contributed by atoms with Gasteiger partial charge in [0.25, 0.3) is 0 Å². The van der Waals surface area contributed by atoms with Gasteiger partial charge in [0.2, 0.25) is 0 Å². The highest BCUT2D eigenvalue weighted by atomic mass is 32.1. The number of aromatic nitrogens is 4. The third kappa shape index (κ3) is 1.97. The van der Waals surface area contributed by atoms with Crippen LogP contribution in [0.15, 0.2) is 24.8 Å². The van der Waals surface area contributed by atoms with E-state index in [1.54, 1.807) is 16.0 Å². The van der Waals surface area contributed by atoms with Crippen molar-refractivity contribution in [3.8, 4) is 10.4 Å². The molecule has 0 saturated heterocycles. The Morgan fingerprint density at radius 3 is 2.74 bits per heavy atom. The fourth-order valence-corrected chi connectivity index (χ4v) is 2.88.